The summed E-state index contributed by atoms with van der Waals surface area (Å²) in [7, 11) is 1.79. The van der Waals surface area contributed by atoms with Crippen LogP contribution in [-0.4, -0.2) is 25.2 Å². The molecule has 0 radical (unpaired) electrons. The molecule has 2 atom stereocenters. The van der Waals surface area contributed by atoms with Gasteiger partial charge in [-0.15, -0.1) is 0 Å². The van der Waals surface area contributed by atoms with Crippen molar-refractivity contribution in [2.45, 2.75) is 46.3 Å². The Morgan fingerprint density at radius 2 is 1.92 bits per heavy atom. The summed E-state index contributed by atoms with van der Waals surface area (Å²) in [4.78, 5) is 11.5. The largest absolute Gasteiger partial charge is 0.462 e. The van der Waals surface area contributed by atoms with Crippen LogP contribution in [-0.2, 0) is 9.53 Å². The normalized spacial score (nSPS) is 15.5. The van der Waals surface area contributed by atoms with Crippen molar-refractivity contribution < 1.29 is 9.53 Å². The van der Waals surface area contributed by atoms with E-state index in [1.165, 1.54) is 0 Å². The number of ether oxygens (including phenoxy) is 1. The van der Waals surface area contributed by atoms with Gasteiger partial charge in [0.1, 0.15) is 6.04 Å². The molecule has 0 spiro atoms. The number of carbonyl (C=O) groups excluding carboxylic acids is 1. The van der Waals surface area contributed by atoms with E-state index >= 15 is 0 Å². The third kappa shape index (κ3) is 4.27. The first-order valence-corrected chi connectivity index (χ1v) is 4.90. The van der Waals surface area contributed by atoms with Gasteiger partial charge in [0.05, 0.1) is 6.10 Å². The van der Waals surface area contributed by atoms with E-state index in [0.717, 1.165) is 6.42 Å². The predicted molar refractivity (Wildman–Crippen MR) is 53.5 cm³/mol. The Hall–Kier alpha value is -0.570. The van der Waals surface area contributed by atoms with Gasteiger partial charge in [-0.1, -0.05) is 20.3 Å². The minimum absolute atomic E-state index is 0.0348. The Morgan fingerprint density at radius 1 is 1.38 bits per heavy atom. The average molecular weight is 187 g/mol. The van der Waals surface area contributed by atoms with Gasteiger partial charge >= 0.3 is 5.97 Å². The molecule has 3 heteroatoms. The Balaban J connectivity index is 4.15. The molecular weight excluding hydrogens is 166 g/mol. The van der Waals surface area contributed by atoms with Gasteiger partial charge in [0, 0.05) is 0 Å². The highest BCUT2D eigenvalue weighted by atomic mass is 16.5. The number of rotatable bonds is 5. The van der Waals surface area contributed by atoms with Gasteiger partial charge in [0.2, 0.25) is 0 Å². The Labute approximate surface area is 80.8 Å². The van der Waals surface area contributed by atoms with Crippen LogP contribution < -0.4 is 5.32 Å². The summed E-state index contributed by atoms with van der Waals surface area (Å²) in [5.74, 6) is 0.170. The maximum atomic E-state index is 11.5. The molecule has 0 rings (SSSR count). The fraction of sp³-hybridized carbons (Fsp3) is 0.900. The van der Waals surface area contributed by atoms with Crippen molar-refractivity contribution in [2.24, 2.45) is 5.92 Å². The van der Waals surface area contributed by atoms with Crippen molar-refractivity contribution in [1.82, 2.24) is 5.32 Å². The molecule has 0 aromatic heterocycles. The van der Waals surface area contributed by atoms with Crippen molar-refractivity contribution in [1.29, 1.82) is 0 Å². The molecule has 3 nitrogen and oxygen atoms in total. The quantitative estimate of drug-likeness (QED) is 0.664. The first kappa shape index (κ1) is 12.4. The van der Waals surface area contributed by atoms with Crippen molar-refractivity contribution in [2.75, 3.05) is 7.05 Å². The van der Waals surface area contributed by atoms with E-state index in [1.54, 1.807) is 7.05 Å². The highest BCUT2D eigenvalue weighted by Gasteiger charge is 2.23. The number of hydrogen-bond acceptors (Lipinski definition) is 3. The molecule has 0 amide bonds. The molecule has 0 aliphatic rings. The number of hydrogen-bond donors (Lipinski definition) is 1. The van der Waals surface area contributed by atoms with Crippen LogP contribution in [0.5, 0.6) is 0 Å². The van der Waals surface area contributed by atoms with Gasteiger partial charge in [0.25, 0.3) is 0 Å². The van der Waals surface area contributed by atoms with Gasteiger partial charge in [-0.05, 0) is 26.8 Å². The lowest BCUT2D eigenvalue weighted by molar-refractivity contribution is -0.151. The molecule has 1 unspecified atom stereocenters. The minimum Gasteiger partial charge on any atom is -0.462 e. The smallest absolute Gasteiger partial charge is 0.323 e. The Kier molecular flexibility index (Phi) is 5.71. The number of esters is 1. The van der Waals surface area contributed by atoms with Crippen LogP contribution in [0.15, 0.2) is 0 Å². The molecule has 13 heavy (non-hydrogen) atoms. The van der Waals surface area contributed by atoms with Crippen LogP contribution in [0.2, 0.25) is 0 Å². The first-order valence-electron chi connectivity index (χ1n) is 4.90. The third-order valence-electron chi connectivity index (χ3n) is 2.13. The van der Waals surface area contributed by atoms with Gasteiger partial charge in [-0.3, -0.25) is 4.79 Å². The summed E-state index contributed by atoms with van der Waals surface area (Å²) in [6.07, 6.45) is 0.936. The molecule has 0 heterocycles. The van der Waals surface area contributed by atoms with Crippen LogP contribution in [0, 0.1) is 5.92 Å². The molecule has 0 aromatic carbocycles. The molecule has 0 saturated carbocycles. The molecule has 78 valence electrons. The summed E-state index contributed by atoms with van der Waals surface area (Å²) in [5, 5.41) is 2.98. The van der Waals surface area contributed by atoms with E-state index in [1.807, 2.05) is 20.8 Å². The van der Waals surface area contributed by atoms with Crippen molar-refractivity contribution in [3.05, 3.63) is 0 Å². The second-order valence-corrected chi connectivity index (χ2v) is 3.64. The molecule has 0 fully saturated rings. The Bertz CT molecular complexity index is 157. The lowest BCUT2D eigenvalue weighted by Gasteiger charge is -2.21. The molecule has 0 aliphatic carbocycles. The van der Waals surface area contributed by atoms with E-state index in [4.69, 9.17) is 4.74 Å². The van der Waals surface area contributed by atoms with Crippen molar-refractivity contribution in [3.8, 4) is 0 Å². The van der Waals surface area contributed by atoms with Gasteiger partial charge in [0.15, 0.2) is 0 Å². The van der Waals surface area contributed by atoms with Gasteiger partial charge < -0.3 is 10.1 Å². The van der Waals surface area contributed by atoms with Crippen LogP contribution in [0.25, 0.3) is 0 Å². The van der Waals surface area contributed by atoms with Crippen LogP contribution in [0.3, 0.4) is 0 Å². The van der Waals surface area contributed by atoms with Gasteiger partial charge in [-0.25, -0.2) is 0 Å². The van der Waals surface area contributed by atoms with Crippen LogP contribution >= 0.6 is 0 Å². The van der Waals surface area contributed by atoms with Crippen LogP contribution in [0.1, 0.15) is 34.1 Å². The summed E-state index contributed by atoms with van der Waals surface area (Å²) in [5.41, 5.74) is 0. The number of nitrogens with one attached hydrogen (secondary N) is 1. The SMILES string of the molecule is CCC(C)[C@@H](NC)C(=O)OC(C)C. The van der Waals surface area contributed by atoms with Crippen LogP contribution in [0.4, 0.5) is 0 Å². The predicted octanol–water partition coefficient (Wildman–Crippen LogP) is 1.57. The van der Waals surface area contributed by atoms with Gasteiger partial charge in [-0.2, -0.15) is 0 Å². The molecule has 0 bridgehead atoms. The fourth-order valence-corrected chi connectivity index (χ4v) is 1.18. The van der Waals surface area contributed by atoms with Crippen molar-refractivity contribution in [3.63, 3.8) is 0 Å². The maximum absolute atomic E-state index is 11.5. The zero-order valence-corrected chi connectivity index (χ0v) is 9.26. The second kappa shape index (κ2) is 5.97. The molecule has 1 N–H and O–H groups in total. The van der Waals surface area contributed by atoms with E-state index in [0.29, 0.717) is 5.92 Å². The standard InChI is InChI=1S/C10H21NO2/c1-6-8(4)9(11-5)10(12)13-7(2)3/h7-9,11H,6H2,1-5H3/t8?,9-/m1/s1. The second-order valence-electron chi connectivity index (χ2n) is 3.64. The highest BCUT2D eigenvalue weighted by molar-refractivity contribution is 5.76. The van der Waals surface area contributed by atoms with E-state index in [2.05, 4.69) is 12.2 Å². The fourth-order valence-electron chi connectivity index (χ4n) is 1.18. The monoisotopic (exact) mass is 187 g/mol. The zero-order chi connectivity index (χ0) is 10.4. The topological polar surface area (TPSA) is 38.3 Å². The van der Waals surface area contributed by atoms with Crippen molar-refractivity contribution >= 4 is 5.97 Å². The summed E-state index contributed by atoms with van der Waals surface area (Å²) in [6, 6.07) is -0.174. The lowest BCUT2D eigenvalue weighted by Crippen LogP contribution is -2.41. The third-order valence-corrected chi connectivity index (χ3v) is 2.13. The average Bonchev–Trinajstić information content (AvgIpc) is 2.03. The van der Waals surface area contributed by atoms with E-state index in [9.17, 15) is 4.79 Å². The minimum atomic E-state index is -0.174. The highest BCUT2D eigenvalue weighted by Crippen LogP contribution is 2.09. The molecule has 0 saturated heterocycles. The maximum Gasteiger partial charge on any atom is 0.323 e. The molecule has 0 aromatic rings. The van der Waals surface area contributed by atoms with E-state index in [-0.39, 0.29) is 18.1 Å². The van der Waals surface area contributed by atoms with E-state index < -0.39 is 0 Å². The first-order chi connectivity index (χ1) is 6.02. The number of carbonyl (C=O) groups is 1. The summed E-state index contributed by atoms with van der Waals surface area (Å²) >= 11 is 0. The Morgan fingerprint density at radius 3 is 2.23 bits per heavy atom. The number of likely N-dealkylation sites (N-methyl/N-ethyl adjacent to an activating group) is 1. The molecule has 0 aliphatic heterocycles. The summed E-state index contributed by atoms with van der Waals surface area (Å²) < 4.78 is 5.12. The molecular formula is C10H21NO2. The zero-order valence-electron chi connectivity index (χ0n) is 9.26. The lowest BCUT2D eigenvalue weighted by atomic mass is 9.99. The summed E-state index contributed by atoms with van der Waals surface area (Å²) in [6.45, 7) is 7.84.